The van der Waals surface area contributed by atoms with Gasteiger partial charge >= 0.3 is 6.09 Å². The van der Waals surface area contributed by atoms with Gasteiger partial charge in [0, 0.05) is 48.2 Å². The number of nitriles is 1. The lowest BCUT2D eigenvalue weighted by Gasteiger charge is -2.39. The van der Waals surface area contributed by atoms with E-state index in [-0.39, 0.29) is 48.1 Å². The quantitative estimate of drug-likeness (QED) is 0.338. The summed E-state index contributed by atoms with van der Waals surface area (Å²) in [4.78, 5) is 51.3. The van der Waals surface area contributed by atoms with Crippen LogP contribution < -0.4 is 15.1 Å². The van der Waals surface area contributed by atoms with Gasteiger partial charge in [0.15, 0.2) is 0 Å². The van der Waals surface area contributed by atoms with E-state index in [0.29, 0.717) is 6.07 Å². The Hall–Kier alpha value is -4.77. The first kappa shape index (κ1) is 31.6. The molecule has 0 radical (unpaired) electrons. The van der Waals surface area contributed by atoms with Gasteiger partial charge in [-0.25, -0.2) is 37.2 Å². The monoisotopic (exact) mass is 644 g/mol. The van der Waals surface area contributed by atoms with Gasteiger partial charge in [0.1, 0.15) is 35.5 Å². The summed E-state index contributed by atoms with van der Waals surface area (Å²) in [5.41, 5.74) is -0.457. The third kappa shape index (κ3) is 6.99. The van der Waals surface area contributed by atoms with Gasteiger partial charge in [-0.05, 0) is 37.1 Å². The highest BCUT2D eigenvalue weighted by atomic mass is 35.5. The van der Waals surface area contributed by atoms with Crippen molar-refractivity contribution in [3.05, 3.63) is 82.6 Å². The molecule has 15 heteroatoms. The number of halogens is 5. The zero-order chi connectivity index (χ0) is 32.3. The van der Waals surface area contributed by atoms with Gasteiger partial charge in [-0.3, -0.25) is 14.5 Å². The summed E-state index contributed by atoms with van der Waals surface area (Å²) in [5, 5.41) is 12.0. The molecule has 2 unspecified atom stereocenters. The van der Waals surface area contributed by atoms with Gasteiger partial charge < -0.3 is 10.1 Å². The first-order chi connectivity index (χ1) is 21.5. The van der Waals surface area contributed by atoms with E-state index >= 15 is 0 Å². The van der Waals surface area contributed by atoms with Crippen LogP contribution in [-0.2, 0) is 14.3 Å². The Morgan fingerprint density at radius 1 is 1.11 bits per heavy atom. The molecule has 1 saturated heterocycles. The number of nitrogens with zero attached hydrogens (tertiary/aromatic N) is 5. The summed E-state index contributed by atoms with van der Waals surface area (Å²) < 4.78 is 62.2. The Bertz CT molecular complexity index is 1640. The van der Waals surface area contributed by atoms with Crippen molar-refractivity contribution in [1.82, 2.24) is 15.3 Å². The lowest BCUT2D eigenvalue weighted by atomic mass is 9.91. The molecule has 0 spiro atoms. The average molecular weight is 645 g/mol. The molecular formula is C30H25ClF4N6O4. The number of ether oxygens (including phenoxy) is 1. The van der Waals surface area contributed by atoms with Crippen molar-refractivity contribution in [1.29, 1.82) is 5.26 Å². The predicted molar refractivity (Wildman–Crippen MR) is 152 cm³/mol. The van der Waals surface area contributed by atoms with Crippen LogP contribution in [0.2, 0.25) is 5.02 Å². The average Bonchev–Trinajstić information content (AvgIpc) is 3.00. The fourth-order valence-corrected chi connectivity index (χ4v) is 5.61. The Labute approximate surface area is 259 Å². The molecule has 1 N–H and O–H groups in total. The number of nitrogens with one attached hydrogen (secondary N) is 1. The van der Waals surface area contributed by atoms with E-state index in [4.69, 9.17) is 16.3 Å². The van der Waals surface area contributed by atoms with Crippen LogP contribution in [0.5, 0.6) is 0 Å². The highest BCUT2D eigenvalue weighted by Gasteiger charge is 2.45. The second-order valence-electron chi connectivity index (χ2n) is 10.5. The summed E-state index contributed by atoms with van der Waals surface area (Å²) >= 11 is 6.51. The number of rotatable bonds is 7. The van der Waals surface area contributed by atoms with Gasteiger partial charge in [-0.2, -0.15) is 5.26 Å². The Morgan fingerprint density at radius 2 is 1.80 bits per heavy atom. The number of carbonyl (C=O) groups excluding carboxylic acids is 3. The summed E-state index contributed by atoms with van der Waals surface area (Å²) in [6, 6.07) is 7.45. The molecule has 45 heavy (non-hydrogen) atoms. The number of benzene rings is 2. The van der Waals surface area contributed by atoms with E-state index in [2.05, 4.69) is 15.3 Å². The maximum Gasteiger partial charge on any atom is 0.417 e. The van der Waals surface area contributed by atoms with Gasteiger partial charge in [0.2, 0.25) is 17.8 Å². The maximum absolute atomic E-state index is 14.7. The molecule has 3 amide bonds. The molecule has 2 fully saturated rings. The molecule has 1 saturated carbocycles. The number of alkyl halides is 2. The third-order valence-corrected chi connectivity index (χ3v) is 7.86. The standard InChI is InChI=1S/C30H25ClF4N6O4/c31-23-4-2-1-3-22(23)25(26(42)38-19-5-9-30(34,35)10-6-19)40(21-14-17(32)13-18(33)15-21)27(43)24-8-12-45-29(44)41(24)28-37-11-7-20(16-36)39-28/h1-4,7,11,13-15,19,24-25H,5-6,8-10,12H2,(H,38,42). The second kappa shape index (κ2) is 13.1. The van der Waals surface area contributed by atoms with Crippen molar-refractivity contribution in [2.45, 2.75) is 56.2 Å². The van der Waals surface area contributed by atoms with Gasteiger partial charge in [-0.1, -0.05) is 29.8 Å². The van der Waals surface area contributed by atoms with E-state index in [1.54, 1.807) is 6.07 Å². The van der Waals surface area contributed by atoms with Crippen LogP contribution in [0, 0.1) is 23.0 Å². The van der Waals surface area contributed by atoms with Crippen LogP contribution in [0.15, 0.2) is 54.7 Å². The summed E-state index contributed by atoms with van der Waals surface area (Å²) in [5.74, 6) is -7.22. The highest BCUT2D eigenvalue weighted by molar-refractivity contribution is 6.31. The minimum Gasteiger partial charge on any atom is -0.449 e. The molecule has 2 aromatic carbocycles. The number of amides is 3. The number of aromatic nitrogens is 2. The van der Waals surface area contributed by atoms with Crippen LogP contribution in [0.3, 0.4) is 0 Å². The first-order valence-electron chi connectivity index (χ1n) is 13.9. The van der Waals surface area contributed by atoms with Crippen molar-refractivity contribution in [2.24, 2.45) is 0 Å². The molecule has 234 valence electrons. The van der Waals surface area contributed by atoms with Crippen LogP contribution in [0.25, 0.3) is 0 Å². The van der Waals surface area contributed by atoms with E-state index in [9.17, 15) is 37.2 Å². The van der Waals surface area contributed by atoms with Crippen molar-refractivity contribution < 1.29 is 36.7 Å². The van der Waals surface area contributed by atoms with E-state index < -0.39 is 72.1 Å². The maximum atomic E-state index is 14.7. The lowest BCUT2D eigenvalue weighted by Crippen LogP contribution is -2.58. The highest BCUT2D eigenvalue weighted by Crippen LogP contribution is 2.37. The van der Waals surface area contributed by atoms with E-state index in [0.717, 1.165) is 21.9 Å². The van der Waals surface area contributed by atoms with Gasteiger partial charge in [0.25, 0.3) is 5.91 Å². The van der Waals surface area contributed by atoms with Gasteiger partial charge in [0.05, 0.1) is 12.3 Å². The molecule has 1 aromatic heterocycles. The van der Waals surface area contributed by atoms with Crippen molar-refractivity contribution in [2.75, 3.05) is 16.4 Å². The lowest BCUT2D eigenvalue weighted by molar-refractivity contribution is -0.128. The molecule has 2 atom stereocenters. The molecule has 3 aromatic rings. The van der Waals surface area contributed by atoms with Crippen LogP contribution >= 0.6 is 11.6 Å². The van der Waals surface area contributed by atoms with Crippen LogP contribution in [0.1, 0.15) is 49.4 Å². The van der Waals surface area contributed by atoms with E-state index in [1.165, 1.54) is 30.5 Å². The smallest absolute Gasteiger partial charge is 0.417 e. The van der Waals surface area contributed by atoms with E-state index in [1.807, 2.05) is 6.07 Å². The van der Waals surface area contributed by atoms with Crippen LogP contribution in [0.4, 0.5) is 34.0 Å². The number of hydrogen-bond donors (Lipinski definition) is 1. The largest absolute Gasteiger partial charge is 0.449 e. The number of hydrogen-bond acceptors (Lipinski definition) is 7. The zero-order valence-electron chi connectivity index (χ0n) is 23.4. The summed E-state index contributed by atoms with van der Waals surface area (Å²) in [6.07, 6.45) is -1.04. The molecule has 2 aliphatic rings. The van der Waals surface area contributed by atoms with Gasteiger partial charge in [-0.15, -0.1) is 0 Å². The molecule has 5 rings (SSSR count). The summed E-state index contributed by atoms with van der Waals surface area (Å²) in [6.45, 7) is -0.242. The first-order valence-corrected chi connectivity index (χ1v) is 14.3. The van der Waals surface area contributed by atoms with Crippen molar-refractivity contribution in [3.63, 3.8) is 0 Å². The fourth-order valence-electron chi connectivity index (χ4n) is 5.37. The third-order valence-electron chi connectivity index (χ3n) is 7.52. The Kier molecular flexibility index (Phi) is 9.19. The molecule has 0 bridgehead atoms. The number of anilines is 2. The molecular weight excluding hydrogens is 620 g/mol. The minimum absolute atomic E-state index is 0.0208. The Morgan fingerprint density at radius 3 is 2.47 bits per heavy atom. The topological polar surface area (TPSA) is 129 Å². The molecule has 2 heterocycles. The summed E-state index contributed by atoms with van der Waals surface area (Å²) in [7, 11) is 0. The van der Waals surface area contributed by atoms with Crippen molar-refractivity contribution in [3.8, 4) is 6.07 Å². The fraction of sp³-hybridized carbons (Fsp3) is 0.333. The predicted octanol–water partition coefficient (Wildman–Crippen LogP) is 5.46. The molecule has 1 aliphatic carbocycles. The van der Waals surface area contributed by atoms with Crippen LogP contribution in [-0.4, -0.2) is 52.5 Å². The second-order valence-corrected chi connectivity index (χ2v) is 10.9. The molecule has 10 nitrogen and oxygen atoms in total. The SMILES string of the molecule is N#Cc1ccnc(N2C(=O)OCCC2C(=O)N(c2cc(F)cc(F)c2)C(C(=O)NC2CCC(F)(F)CC2)c2ccccc2Cl)n1. The molecule has 1 aliphatic heterocycles. The Balaban J connectivity index is 1.63. The number of carbonyl (C=O) groups is 3. The zero-order valence-corrected chi connectivity index (χ0v) is 24.2. The number of cyclic esters (lactones) is 1. The van der Waals surface area contributed by atoms with Crippen molar-refractivity contribution >= 4 is 41.1 Å². The normalized spacial score (nSPS) is 18.8. The minimum atomic E-state index is -2.88.